The largest absolute Gasteiger partial charge is 0.478 e. The van der Waals surface area contributed by atoms with Crippen LogP contribution < -0.4 is 16.0 Å². The molecule has 0 bridgehead atoms. The molecule has 10 heteroatoms. The van der Waals surface area contributed by atoms with Gasteiger partial charge in [-0.3, -0.25) is 9.69 Å². The van der Waals surface area contributed by atoms with E-state index in [4.69, 9.17) is 10.8 Å². The van der Waals surface area contributed by atoms with Crippen molar-refractivity contribution in [3.8, 4) is 0 Å². The van der Waals surface area contributed by atoms with Crippen molar-refractivity contribution in [1.29, 1.82) is 0 Å². The Balaban J connectivity index is 1.85. The summed E-state index contributed by atoms with van der Waals surface area (Å²) in [4.78, 5) is 36.6. The van der Waals surface area contributed by atoms with Crippen LogP contribution in [0.25, 0.3) is 0 Å². The van der Waals surface area contributed by atoms with Gasteiger partial charge in [-0.1, -0.05) is 6.07 Å². The first-order chi connectivity index (χ1) is 13.6. The molecule has 0 radical (unpaired) electrons. The lowest BCUT2D eigenvalue weighted by atomic mass is 9.95. The minimum Gasteiger partial charge on any atom is -0.478 e. The number of carbonyl (C=O) groups excluding carboxylic acids is 2. The average molecular weight is 407 g/mol. The number of halogens is 3. The fraction of sp³-hybridized carbons (Fsp3) is 0.211. The van der Waals surface area contributed by atoms with Crippen LogP contribution in [0.4, 0.5) is 23.7 Å². The molecule has 1 aliphatic heterocycles. The molecule has 152 valence electrons. The number of amides is 3. The number of carboxylic acids is 1. The lowest BCUT2D eigenvalue weighted by Gasteiger charge is -2.34. The van der Waals surface area contributed by atoms with Crippen LogP contribution in [-0.2, 0) is 12.6 Å². The number of hydrogen-bond acceptors (Lipinski definition) is 3. The third-order valence-corrected chi connectivity index (χ3v) is 4.54. The lowest BCUT2D eigenvalue weighted by Crippen LogP contribution is -2.51. The maximum Gasteiger partial charge on any atom is 0.416 e. The van der Waals surface area contributed by atoms with Crippen LogP contribution in [0, 0.1) is 0 Å². The Kier molecular flexibility index (Phi) is 5.19. The summed E-state index contributed by atoms with van der Waals surface area (Å²) >= 11 is 0. The number of primary amides is 1. The molecule has 4 N–H and O–H groups in total. The summed E-state index contributed by atoms with van der Waals surface area (Å²) in [5.74, 6) is -1.91. The monoisotopic (exact) mass is 407 g/mol. The molecular weight excluding hydrogens is 391 g/mol. The molecule has 1 aliphatic rings. The first-order valence-corrected chi connectivity index (χ1v) is 8.47. The van der Waals surface area contributed by atoms with Gasteiger partial charge >= 0.3 is 18.2 Å². The lowest BCUT2D eigenvalue weighted by molar-refractivity contribution is -0.137. The highest BCUT2D eigenvalue weighted by Gasteiger charge is 2.32. The fourth-order valence-electron chi connectivity index (χ4n) is 3.20. The Hall–Kier alpha value is -3.56. The molecule has 3 amide bonds. The Morgan fingerprint density at radius 3 is 2.45 bits per heavy atom. The molecule has 1 heterocycles. The van der Waals surface area contributed by atoms with Crippen molar-refractivity contribution in [2.45, 2.75) is 18.6 Å². The highest BCUT2D eigenvalue weighted by molar-refractivity contribution is 5.96. The van der Waals surface area contributed by atoms with Gasteiger partial charge in [-0.25, -0.2) is 9.59 Å². The van der Waals surface area contributed by atoms with Gasteiger partial charge in [-0.15, -0.1) is 0 Å². The first kappa shape index (κ1) is 20.2. The zero-order chi connectivity index (χ0) is 21.3. The number of hydrogen-bond donors (Lipinski definition) is 3. The topological polar surface area (TPSA) is 113 Å². The van der Waals surface area contributed by atoms with E-state index in [1.165, 1.54) is 29.2 Å². The van der Waals surface area contributed by atoms with Crippen LogP contribution in [0.5, 0.6) is 0 Å². The van der Waals surface area contributed by atoms with Crippen LogP contribution in [0.2, 0.25) is 0 Å². The van der Waals surface area contributed by atoms with Crippen molar-refractivity contribution < 1.29 is 32.7 Å². The maximum atomic E-state index is 12.9. The van der Waals surface area contributed by atoms with Gasteiger partial charge in [0.05, 0.1) is 17.2 Å². The van der Waals surface area contributed by atoms with E-state index >= 15 is 0 Å². The molecule has 1 unspecified atom stereocenters. The molecule has 0 spiro atoms. The Bertz CT molecular complexity index is 991. The number of carboxylic acid groups (broad SMARTS) is 1. The van der Waals surface area contributed by atoms with E-state index in [1.54, 1.807) is 0 Å². The fourth-order valence-corrected chi connectivity index (χ4v) is 3.20. The van der Waals surface area contributed by atoms with Crippen LogP contribution in [-0.4, -0.2) is 35.6 Å². The minimum atomic E-state index is -4.59. The highest BCUT2D eigenvalue weighted by Crippen LogP contribution is 2.30. The number of carbonyl (C=O) groups is 3. The van der Waals surface area contributed by atoms with Gasteiger partial charge in [0.15, 0.2) is 0 Å². The number of rotatable bonds is 3. The van der Waals surface area contributed by atoms with Crippen molar-refractivity contribution in [3.05, 3.63) is 64.7 Å². The molecule has 0 aliphatic carbocycles. The minimum absolute atomic E-state index is 0.000543. The van der Waals surface area contributed by atoms with E-state index in [9.17, 15) is 27.6 Å². The summed E-state index contributed by atoms with van der Waals surface area (Å²) in [5, 5.41) is 11.7. The highest BCUT2D eigenvalue weighted by atomic mass is 19.4. The molecule has 1 atom stereocenters. The zero-order valence-corrected chi connectivity index (χ0v) is 14.9. The predicted octanol–water partition coefficient (Wildman–Crippen LogP) is 2.64. The van der Waals surface area contributed by atoms with E-state index < -0.39 is 35.7 Å². The third kappa shape index (κ3) is 4.31. The van der Waals surface area contributed by atoms with E-state index in [0.717, 1.165) is 18.2 Å². The molecular formula is C19H16F3N3O4. The molecule has 0 fully saturated rings. The van der Waals surface area contributed by atoms with Gasteiger partial charge in [0, 0.05) is 17.8 Å². The van der Waals surface area contributed by atoms with Crippen LogP contribution in [0.1, 0.15) is 31.8 Å². The number of fused-ring (bicyclic) bond motifs is 1. The summed E-state index contributed by atoms with van der Waals surface area (Å²) in [5.41, 5.74) is 5.14. The zero-order valence-electron chi connectivity index (χ0n) is 14.9. The van der Waals surface area contributed by atoms with Gasteiger partial charge in [0.25, 0.3) is 5.91 Å². The van der Waals surface area contributed by atoms with Gasteiger partial charge in [0.1, 0.15) is 0 Å². The van der Waals surface area contributed by atoms with Crippen LogP contribution in [0.15, 0.2) is 42.5 Å². The molecule has 2 aromatic carbocycles. The summed E-state index contributed by atoms with van der Waals surface area (Å²) < 4.78 is 38.6. The number of urea groups is 1. The van der Waals surface area contributed by atoms with Gasteiger partial charge in [-0.05, 0) is 48.4 Å². The maximum absolute atomic E-state index is 12.9. The smallest absolute Gasteiger partial charge is 0.416 e. The quantitative estimate of drug-likeness (QED) is 0.726. The van der Waals surface area contributed by atoms with Gasteiger partial charge in [0.2, 0.25) is 0 Å². The Morgan fingerprint density at radius 2 is 1.83 bits per heavy atom. The summed E-state index contributed by atoms with van der Waals surface area (Å²) in [6, 6.07) is 6.66. The van der Waals surface area contributed by atoms with Crippen molar-refractivity contribution in [2.75, 3.05) is 11.4 Å². The predicted molar refractivity (Wildman–Crippen MR) is 96.7 cm³/mol. The van der Waals surface area contributed by atoms with E-state index in [2.05, 4.69) is 5.32 Å². The Labute approximate surface area is 162 Å². The molecule has 0 saturated heterocycles. The molecule has 29 heavy (non-hydrogen) atoms. The summed E-state index contributed by atoms with van der Waals surface area (Å²) in [7, 11) is 0. The number of benzene rings is 2. The van der Waals surface area contributed by atoms with Crippen LogP contribution >= 0.6 is 0 Å². The third-order valence-electron chi connectivity index (χ3n) is 4.54. The van der Waals surface area contributed by atoms with E-state index in [1.807, 2.05) is 0 Å². The van der Waals surface area contributed by atoms with Crippen molar-refractivity contribution in [2.24, 2.45) is 5.73 Å². The number of nitrogens with one attached hydrogen (secondary N) is 1. The second-order valence-corrected chi connectivity index (χ2v) is 6.55. The molecule has 0 saturated carbocycles. The Morgan fingerprint density at radius 1 is 1.10 bits per heavy atom. The second kappa shape index (κ2) is 7.46. The number of nitrogens with zero attached hydrogens (tertiary/aromatic N) is 1. The van der Waals surface area contributed by atoms with E-state index in [0.29, 0.717) is 11.3 Å². The van der Waals surface area contributed by atoms with E-state index in [-0.39, 0.29) is 24.1 Å². The molecule has 2 aromatic rings. The standard InChI is InChI=1S/C19H16F3N3O4/c20-19(21,22)13-3-1-2-10(7-13)16(26)24-14-8-12-6-11(17(27)28)4-5-15(12)25(9-14)18(23)29/h1-7,14H,8-9H2,(H2,23,29)(H,24,26)(H,27,28). The normalized spacial score (nSPS) is 16.1. The summed E-state index contributed by atoms with van der Waals surface area (Å²) in [6.45, 7) is -0.000543. The molecule has 3 rings (SSSR count). The van der Waals surface area contributed by atoms with Gasteiger partial charge < -0.3 is 16.2 Å². The number of aromatic carboxylic acids is 1. The first-order valence-electron chi connectivity index (χ1n) is 8.47. The van der Waals surface area contributed by atoms with Crippen molar-refractivity contribution in [3.63, 3.8) is 0 Å². The number of anilines is 1. The van der Waals surface area contributed by atoms with Crippen molar-refractivity contribution >= 4 is 23.6 Å². The molecule has 7 nitrogen and oxygen atoms in total. The van der Waals surface area contributed by atoms with Crippen LogP contribution in [0.3, 0.4) is 0 Å². The van der Waals surface area contributed by atoms with Gasteiger partial charge in [-0.2, -0.15) is 13.2 Å². The number of alkyl halides is 3. The second-order valence-electron chi connectivity index (χ2n) is 6.55. The SMILES string of the molecule is NC(=O)N1CC(NC(=O)c2cccc(C(F)(F)F)c2)Cc2cc(C(=O)O)ccc21. The van der Waals surface area contributed by atoms with Crippen molar-refractivity contribution in [1.82, 2.24) is 5.32 Å². The summed E-state index contributed by atoms with van der Waals surface area (Å²) in [6.07, 6.45) is -4.40. The molecule has 0 aromatic heterocycles. The number of nitrogens with two attached hydrogens (primary N) is 1. The average Bonchev–Trinajstić information content (AvgIpc) is 2.66.